The van der Waals surface area contributed by atoms with Crippen LogP contribution in [0.4, 0.5) is 5.69 Å². The molecule has 0 aliphatic carbocycles. The van der Waals surface area contributed by atoms with Crippen molar-refractivity contribution in [2.24, 2.45) is 4.99 Å². The van der Waals surface area contributed by atoms with Crippen LogP contribution in [-0.4, -0.2) is 15.4 Å². The van der Waals surface area contributed by atoms with Crippen LogP contribution in [0.5, 0.6) is 11.5 Å². The van der Waals surface area contributed by atoms with E-state index in [2.05, 4.69) is 22.4 Å². The van der Waals surface area contributed by atoms with Gasteiger partial charge in [0, 0.05) is 6.07 Å². The number of hydrogen-bond donors (Lipinski definition) is 2. The normalized spacial score (nSPS) is 8.73. The van der Waals surface area contributed by atoms with Crippen molar-refractivity contribution in [2.45, 2.75) is 0 Å². The first kappa shape index (κ1) is 7.72. The third-order valence-electron chi connectivity index (χ3n) is 1.13. The molecule has 1 aromatic carbocycles. The van der Waals surface area contributed by atoms with Crippen LogP contribution >= 0.6 is 12.2 Å². The highest BCUT2D eigenvalue weighted by atomic mass is 32.1. The molecule has 0 aromatic heterocycles. The second-order valence-corrected chi connectivity index (χ2v) is 2.06. The maximum Gasteiger partial charge on any atom is 0.159 e. The molecule has 0 unspecified atom stereocenters. The van der Waals surface area contributed by atoms with Gasteiger partial charge < -0.3 is 10.2 Å². The van der Waals surface area contributed by atoms with Crippen LogP contribution in [0.15, 0.2) is 23.2 Å². The number of benzene rings is 1. The van der Waals surface area contributed by atoms with Crippen LogP contribution in [0, 0.1) is 0 Å². The Morgan fingerprint density at radius 2 is 2.00 bits per heavy atom. The van der Waals surface area contributed by atoms with Gasteiger partial charge in [0.1, 0.15) is 0 Å². The molecule has 0 heterocycles. The minimum absolute atomic E-state index is 0.173. The molecule has 0 spiro atoms. The number of phenolic OH excluding ortho intramolecular Hbond substituents is 2. The predicted molar refractivity (Wildman–Crippen MR) is 44.5 cm³/mol. The van der Waals surface area contributed by atoms with E-state index in [4.69, 9.17) is 10.2 Å². The van der Waals surface area contributed by atoms with Gasteiger partial charge >= 0.3 is 0 Å². The molecular formula is C7H5NO2S. The molecule has 0 saturated heterocycles. The molecule has 3 nitrogen and oxygen atoms in total. The van der Waals surface area contributed by atoms with Gasteiger partial charge in [-0.05, 0) is 24.4 Å². The van der Waals surface area contributed by atoms with Gasteiger partial charge in [-0.25, -0.2) is 0 Å². The van der Waals surface area contributed by atoms with Gasteiger partial charge in [0.05, 0.1) is 10.8 Å². The molecule has 0 radical (unpaired) electrons. The van der Waals surface area contributed by atoms with E-state index in [1.807, 2.05) is 0 Å². The smallest absolute Gasteiger partial charge is 0.159 e. The van der Waals surface area contributed by atoms with Crippen molar-refractivity contribution in [3.8, 4) is 11.5 Å². The van der Waals surface area contributed by atoms with E-state index in [0.29, 0.717) is 5.69 Å². The van der Waals surface area contributed by atoms with Crippen LogP contribution < -0.4 is 0 Å². The monoisotopic (exact) mass is 167 g/mol. The summed E-state index contributed by atoms with van der Waals surface area (Å²) in [7, 11) is 0. The molecule has 1 aromatic rings. The lowest BCUT2D eigenvalue weighted by Crippen LogP contribution is -1.67. The number of phenols is 2. The second-order valence-electron chi connectivity index (χ2n) is 1.88. The van der Waals surface area contributed by atoms with Crippen molar-refractivity contribution in [3.63, 3.8) is 0 Å². The second kappa shape index (κ2) is 3.14. The molecule has 11 heavy (non-hydrogen) atoms. The van der Waals surface area contributed by atoms with Crippen LogP contribution in [0.3, 0.4) is 0 Å². The van der Waals surface area contributed by atoms with Gasteiger partial charge in [-0.1, -0.05) is 0 Å². The Morgan fingerprint density at radius 1 is 1.27 bits per heavy atom. The molecular weight excluding hydrogens is 162 g/mol. The van der Waals surface area contributed by atoms with Gasteiger partial charge in [-0.3, -0.25) is 0 Å². The molecule has 0 aliphatic rings. The number of hydrogen-bond acceptors (Lipinski definition) is 4. The zero-order chi connectivity index (χ0) is 8.27. The first-order chi connectivity index (χ1) is 5.24. The average molecular weight is 167 g/mol. The zero-order valence-corrected chi connectivity index (χ0v) is 6.30. The van der Waals surface area contributed by atoms with Gasteiger partial charge in [0.2, 0.25) is 0 Å². The summed E-state index contributed by atoms with van der Waals surface area (Å²) in [6, 6.07) is 4.16. The average Bonchev–Trinajstić information content (AvgIpc) is 1.98. The lowest BCUT2D eigenvalue weighted by Gasteiger charge is -1.95. The first-order valence-electron chi connectivity index (χ1n) is 2.84. The maximum atomic E-state index is 8.95. The largest absolute Gasteiger partial charge is 0.504 e. The SMILES string of the molecule is Oc1ccc(N=C=S)cc1O. The van der Waals surface area contributed by atoms with E-state index in [9.17, 15) is 0 Å². The molecule has 0 amide bonds. The van der Waals surface area contributed by atoms with Gasteiger partial charge in [-0.15, -0.1) is 0 Å². The van der Waals surface area contributed by atoms with E-state index < -0.39 is 0 Å². The third kappa shape index (κ3) is 1.77. The minimum atomic E-state index is -0.212. The number of nitrogens with zero attached hydrogens (tertiary/aromatic N) is 1. The molecule has 0 saturated carbocycles. The van der Waals surface area contributed by atoms with Gasteiger partial charge in [0.15, 0.2) is 11.5 Å². The van der Waals surface area contributed by atoms with E-state index in [1.165, 1.54) is 18.2 Å². The molecule has 0 aliphatic heterocycles. The molecule has 2 N–H and O–H groups in total. The standard InChI is InChI=1S/C7H5NO2S/c9-6-2-1-5(8-4-11)3-7(6)10/h1-3,9-10H. The third-order valence-corrected chi connectivity index (χ3v) is 1.23. The molecule has 4 heteroatoms. The number of aromatic hydroxyl groups is 2. The molecule has 1 rings (SSSR count). The van der Waals surface area contributed by atoms with Crippen molar-refractivity contribution in [1.82, 2.24) is 0 Å². The quantitative estimate of drug-likeness (QED) is 0.381. The number of rotatable bonds is 1. The Labute approximate surface area is 68.6 Å². The Morgan fingerprint density at radius 3 is 2.55 bits per heavy atom. The van der Waals surface area contributed by atoms with Crippen LogP contribution in [0.1, 0.15) is 0 Å². The Hall–Kier alpha value is -1.38. The van der Waals surface area contributed by atoms with Crippen molar-refractivity contribution >= 4 is 23.1 Å². The Balaban J connectivity index is 3.14. The fraction of sp³-hybridized carbons (Fsp3) is 0. The fourth-order valence-corrected chi connectivity index (χ4v) is 0.739. The van der Waals surface area contributed by atoms with E-state index in [0.717, 1.165) is 0 Å². The summed E-state index contributed by atoms with van der Waals surface area (Å²) in [5, 5.41) is 20.0. The number of aliphatic imine (C=N–C) groups is 1. The summed E-state index contributed by atoms with van der Waals surface area (Å²) in [6.07, 6.45) is 0. The van der Waals surface area contributed by atoms with Crippen LogP contribution in [-0.2, 0) is 0 Å². The number of isothiocyanates is 1. The highest BCUT2D eigenvalue weighted by Crippen LogP contribution is 2.28. The first-order valence-corrected chi connectivity index (χ1v) is 3.24. The highest BCUT2D eigenvalue weighted by Gasteiger charge is 1.97. The predicted octanol–water partition coefficient (Wildman–Crippen LogP) is 1.83. The minimum Gasteiger partial charge on any atom is -0.504 e. The summed E-state index contributed by atoms with van der Waals surface area (Å²) in [4.78, 5) is 3.60. The summed E-state index contributed by atoms with van der Waals surface area (Å²) in [6.45, 7) is 0. The van der Waals surface area contributed by atoms with Crippen LogP contribution in [0.25, 0.3) is 0 Å². The Bertz CT molecular complexity index is 318. The molecule has 0 bridgehead atoms. The van der Waals surface area contributed by atoms with Gasteiger partial charge in [0.25, 0.3) is 0 Å². The van der Waals surface area contributed by atoms with Gasteiger partial charge in [-0.2, -0.15) is 4.99 Å². The maximum absolute atomic E-state index is 8.95. The molecule has 0 atom stereocenters. The highest BCUT2D eigenvalue weighted by molar-refractivity contribution is 7.78. The van der Waals surface area contributed by atoms with E-state index in [1.54, 1.807) is 0 Å². The van der Waals surface area contributed by atoms with E-state index in [-0.39, 0.29) is 11.5 Å². The summed E-state index contributed by atoms with van der Waals surface area (Å²) >= 11 is 4.35. The Kier molecular flexibility index (Phi) is 2.21. The zero-order valence-electron chi connectivity index (χ0n) is 5.48. The van der Waals surface area contributed by atoms with Crippen LogP contribution in [0.2, 0.25) is 0 Å². The lowest BCUT2D eigenvalue weighted by atomic mass is 10.3. The fourth-order valence-electron chi connectivity index (χ4n) is 0.634. The number of thiocarbonyl (C=S) groups is 1. The molecule has 56 valence electrons. The summed E-state index contributed by atoms with van der Waals surface area (Å²) < 4.78 is 0. The summed E-state index contributed by atoms with van der Waals surface area (Å²) in [5.41, 5.74) is 0.468. The lowest BCUT2D eigenvalue weighted by molar-refractivity contribution is 0.404. The molecule has 0 fully saturated rings. The topological polar surface area (TPSA) is 52.8 Å². The van der Waals surface area contributed by atoms with Crippen molar-refractivity contribution < 1.29 is 10.2 Å². The van der Waals surface area contributed by atoms with Crippen molar-refractivity contribution in [3.05, 3.63) is 18.2 Å². The van der Waals surface area contributed by atoms with Crippen molar-refractivity contribution in [1.29, 1.82) is 0 Å². The van der Waals surface area contributed by atoms with Crippen molar-refractivity contribution in [2.75, 3.05) is 0 Å². The van der Waals surface area contributed by atoms with E-state index >= 15 is 0 Å². The summed E-state index contributed by atoms with van der Waals surface area (Å²) in [5.74, 6) is -0.384.